The quantitative estimate of drug-likeness (QED) is 0.795. The van der Waals surface area contributed by atoms with Crippen molar-refractivity contribution >= 4 is 23.4 Å². The van der Waals surface area contributed by atoms with Crippen LogP contribution in [0.3, 0.4) is 0 Å². The van der Waals surface area contributed by atoms with Crippen molar-refractivity contribution in [3.05, 3.63) is 70.2 Å². The molecule has 0 aliphatic rings. The number of benzene rings is 2. The summed E-state index contributed by atoms with van der Waals surface area (Å²) in [6.45, 7) is 1.84. The molecule has 0 bridgehead atoms. The first-order valence-corrected chi connectivity index (χ1v) is 8.56. The molecule has 0 spiro atoms. The molecule has 0 aromatic heterocycles. The van der Waals surface area contributed by atoms with Gasteiger partial charge in [-0.25, -0.2) is 0 Å². The lowest BCUT2D eigenvalue weighted by atomic mass is 10.1. The van der Waals surface area contributed by atoms with Crippen LogP contribution in [0.5, 0.6) is 0 Å². The molecule has 0 saturated heterocycles. The Morgan fingerprint density at radius 1 is 1.11 bits per heavy atom. The molecule has 0 radical (unpaired) electrons. The van der Waals surface area contributed by atoms with Crippen molar-refractivity contribution in [2.75, 3.05) is 13.1 Å². The van der Waals surface area contributed by atoms with Crippen LogP contribution in [0.1, 0.15) is 28.4 Å². The normalized spacial score (nSPS) is 11.1. The predicted molar refractivity (Wildman–Crippen MR) is 96.3 cm³/mol. The van der Waals surface area contributed by atoms with Crippen molar-refractivity contribution in [1.82, 2.24) is 10.2 Å². The molecule has 0 saturated carbocycles. The standard InChI is InChI=1S/C19H18ClF3N2O2/c1-2-25(12-17(26)24-11-13-6-8-16(20)9-7-13)18(27)14-4-3-5-15(10-14)19(21,22)23/h3-10H,2,11-12H2,1H3,(H,24,26). The van der Waals surface area contributed by atoms with Crippen LogP contribution in [0.25, 0.3) is 0 Å². The Bertz CT molecular complexity index is 807. The van der Waals surface area contributed by atoms with E-state index in [4.69, 9.17) is 11.6 Å². The molecule has 2 rings (SSSR count). The highest BCUT2D eigenvalue weighted by Gasteiger charge is 2.31. The van der Waals surface area contributed by atoms with Gasteiger partial charge in [-0.3, -0.25) is 9.59 Å². The highest BCUT2D eigenvalue weighted by Crippen LogP contribution is 2.29. The van der Waals surface area contributed by atoms with Crippen LogP contribution in [0.15, 0.2) is 48.5 Å². The van der Waals surface area contributed by atoms with Gasteiger partial charge in [0.05, 0.1) is 12.1 Å². The molecule has 144 valence electrons. The van der Waals surface area contributed by atoms with Gasteiger partial charge in [0.25, 0.3) is 5.91 Å². The first-order valence-electron chi connectivity index (χ1n) is 8.18. The first kappa shape index (κ1) is 20.8. The number of alkyl halides is 3. The van der Waals surface area contributed by atoms with Gasteiger partial charge < -0.3 is 10.2 Å². The summed E-state index contributed by atoms with van der Waals surface area (Å²) in [7, 11) is 0. The van der Waals surface area contributed by atoms with Gasteiger partial charge in [-0.15, -0.1) is 0 Å². The minimum Gasteiger partial charge on any atom is -0.350 e. The molecule has 0 fully saturated rings. The molecule has 0 heterocycles. The molecule has 0 aliphatic heterocycles. The summed E-state index contributed by atoms with van der Waals surface area (Å²) in [5.41, 5.74) is -0.186. The first-order chi connectivity index (χ1) is 12.7. The SMILES string of the molecule is CCN(CC(=O)NCc1ccc(Cl)cc1)C(=O)c1cccc(C(F)(F)F)c1. The van der Waals surface area contributed by atoms with Crippen LogP contribution < -0.4 is 5.32 Å². The van der Waals surface area contributed by atoms with Crippen molar-refractivity contribution in [2.45, 2.75) is 19.6 Å². The molecule has 27 heavy (non-hydrogen) atoms. The Hall–Kier alpha value is -2.54. The van der Waals surface area contributed by atoms with E-state index >= 15 is 0 Å². The number of nitrogens with one attached hydrogen (secondary N) is 1. The molecular weight excluding hydrogens is 381 g/mol. The highest BCUT2D eigenvalue weighted by molar-refractivity contribution is 6.30. The number of likely N-dealkylation sites (N-methyl/N-ethyl adjacent to an activating group) is 1. The molecule has 2 aromatic carbocycles. The zero-order valence-corrected chi connectivity index (χ0v) is 15.3. The largest absolute Gasteiger partial charge is 0.416 e. The number of hydrogen-bond acceptors (Lipinski definition) is 2. The summed E-state index contributed by atoms with van der Waals surface area (Å²) in [6, 6.07) is 11.1. The lowest BCUT2D eigenvalue weighted by Gasteiger charge is -2.21. The van der Waals surface area contributed by atoms with Crippen molar-refractivity contribution in [1.29, 1.82) is 0 Å². The molecule has 4 nitrogen and oxygen atoms in total. The molecular formula is C19H18ClF3N2O2. The number of hydrogen-bond donors (Lipinski definition) is 1. The predicted octanol–water partition coefficient (Wildman–Crippen LogP) is 4.14. The van der Waals surface area contributed by atoms with Crippen molar-refractivity contribution in [2.24, 2.45) is 0 Å². The molecule has 0 unspecified atom stereocenters. The maximum atomic E-state index is 12.8. The Balaban J connectivity index is 2.00. The second-order valence-corrected chi connectivity index (χ2v) is 6.24. The maximum Gasteiger partial charge on any atom is 0.416 e. The van der Waals surface area contributed by atoms with Crippen LogP contribution in [-0.2, 0) is 17.5 Å². The number of carbonyl (C=O) groups excluding carboxylic acids is 2. The van der Waals surface area contributed by atoms with Crippen molar-refractivity contribution < 1.29 is 22.8 Å². The van der Waals surface area contributed by atoms with Crippen molar-refractivity contribution in [3.8, 4) is 0 Å². The summed E-state index contributed by atoms with van der Waals surface area (Å²) in [4.78, 5) is 25.8. The molecule has 8 heteroatoms. The van der Waals surface area contributed by atoms with E-state index in [1.807, 2.05) is 0 Å². The summed E-state index contributed by atoms with van der Waals surface area (Å²) in [5.74, 6) is -1.04. The Kier molecular flexibility index (Phi) is 6.85. The van der Waals surface area contributed by atoms with Crippen LogP contribution >= 0.6 is 11.6 Å². The Labute approximate surface area is 159 Å². The fraction of sp³-hybridized carbons (Fsp3) is 0.263. The molecule has 1 N–H and O–H groups in total. The van der Waals surface area contributed by atoms with Crippen LogP contribution in [-0.4, -0.2) is 29.8 Å². The van der Waals surface area contributed by atoms with Gasteiger partial charge in [0.1, 0.15) is 0 Å². The smallest absolute Gasteiger partial charge is 0.350 e. The Morgan fingerprint density at radius 3 is 2.37 bits per heavy atom. The third kappa shape index (κ3) is 5.99. The van der Waals surface area contributed by atoms with E-state index < -0.39 is 23.6 Å². The van der Waals surface area contributed by atoms with E-state index in [-0.39, 0.29) is 25.2 Å². The fourth-order valence-corrected chi connectivity index (χ4v) is 2.50. The zero-order chi connectivity index (χ0) is 20.0. The average molecular weight is 399 g/mol. The van der Waals surface area contributed by atoms with E-state index in [9.17, 15) is 22.8 Å². The molecule has 2 amide bonds. The second kappa shape index (κ2) is 8.90. The number of nitrogens with zero attached hydrogens (tertiary/aromatic N) is 1. The zero-order valence-electron chi connectivity index (χ0n) is 14.5. The molecule has 2 aromatic rings. The summed E-state index contributed by atoms with van der Waals surface area (Å²) in [5, 5.41) is 3.25. The summed E-state index contributed by atoms with van der Waals surface area (Å²) < 4.78 is 38.4. The minimum atomic E-state index is -4.54. The summed E-state index contributed by atoms with van der Waals surface area (Å²) in [6.07, 6.45) is -4.54. The molecule has 0 aliphatic carbocycles. The average Bonchev–Trinajstić information content (AvgIpc) is 2.64. The number of halogens is 4. The van der Waals surface area contributed by atoms with E-state index in [2.05, 4.69) is 5.32 Å². The van der Waals surface area contributed by atoms with Gasteiger partial charge in [0.15, 0.2) is 0 Å². The monoisotopic (exact) mass is 398 g/mol. The summed E-state index contributed by atoms with van der Waals surface area (Å²) >= 11 is 5.79. The third-order valence-electron chi connectivity index (χ3n) is 3.84. The van der Waals surface area contributed by atoms with E-state index in [0.717, 1.165) is 17.7 Å². The van der Waals surface area contributed by atoms with E-state index in [0.29, 0.717) is 5.02 Å². The fourth-order valence-electron chi connectivity index (χ4n) is 2.37. The maximum absolute atomic E-state index is 12.8. The van der Waals surface area contributed by atoms with Gasteiger partial charge >= 0.3 is 6.18 Å². The van der Waals surface area contributed by atoms with Gasteiger partial charge in [-0.05, 0) is 42.8 Å². The number of carbonyl (C=O) groups is 2. The van der Waals surface area contributed by atoms with Gasteiger partial charge in [0.2, 0.25) is 5.91 Å². The van der Waals surface area contributed by atoms with E-state index in [1.165, 1.54) is 17.0 Å². The minimum absolute atomic E-state index is 0.114. The van der Waals surface area contributed by atoms with Gasteiger partial charge in [0, 0.05) is 23.7 Å². The number of rotatable bonds is 6. The third-order valence-corrected chi connectivity index (χ3v) is 4.10. The molecule has 0 atom stereocenters. The second-order valence-electron chi connectivity index (χ2n) is 5.80. The van der Waals surface area contributed by atoms with Gasteiger partial charge in [-0.1, -0.05) is 29.8 Å². The van der Waals surface area contributed by atoms with Crippen LogP contribution in [0.4, 0.5) is 13.2 Å². The van der Waals surface area contributed by atoms with Crippen molar-refractivity contribution in [3.63, 3.8) is 0 Å². The van der Waals surface area contributed by atoms with Gasteiger partial charge in [-0.2, -0.15) is 13.2 Å². The lowest BCUT2D eigenvalue weighted by Crippen LogP contribution is -2.40. The van der Waals surface area contributed by atoms with Crippen LogP contribution in [0, 0.1) is 0 Å². The van der Waals surface area contributed by atoms with E-state index in [1.54, 1.807) is 31.2 Å². The topological polar surface area (TPSA) is 49.4 Å². The lowest BCUT2D eigenvalue weighted by molar-refractivity contribution is -0.137. The van der Waals surface area contributed by atoms with Crippen LogP contribution in [0.2, 0.25) is 5.02 Å². The highest BCUT2D eigenvalue weighted by atomic mass is 35.5. The number of amides is 2. The Morgan fingerprint density at radius 2 is 1.78 bits per heavy atom.